The second-order valence-electron chi connectivity index (χ2n) is 10.1. The number of hydrogen-bond acceptors (Lipinski definition) is 7. The van der Waals surface area contributed by atoms with Crippen LogP contribution in [0.5, 0.6) is 0 Å². The molecule has 2 aliphatic carbocycles. The van der Waals surface area contributed by atoms with Crippen LogP contribution in [0.15, 0.2) is 41.5 Å². The average molecular weight is 495 g/mol. The highest BCUT2D eigenvalue weighted by molar-refractivity contribution is 6.01. The van der Waals surface area contributed by atoms with Gasteiger partial charge in [0.25, 0.3) is 11.5 Å². The molecule has 36 heavy (non-hydrogen) atoms. The number of nitrogens with zero attached hydrogens (tertiary/aromatic N) is 3. The number of amides is 1. The van der Waals surface area contributed by atoms with Crippen LogP contribution in [0.2, 0.25) is 0 Å². The predicted molar refractivity (Wildman–Crippen MR) is 138 cm³/mol. The lowest BCUT2D eigenvalue weighted by atomic mass is 9.83. The van der Waals surface area contributed by atoms with E-state index in [-0.39, 0.29) is 29.2 Å². The van der Waals surface area contributed by atoms with E-state index in [2.05, 4.69) is 28.0 Å². The fourth-order valence-corrected chi connectivity index (χ4v) is 5.15. The summed E-state index contributed by atoms with van der Waals surface area (Å²) in [7, 11) is 3.52. The molecule has 2 saturated carbocycles. The van der Waals surface area contributed by atoms with Crippen molar-refractivity contribution in [2.75, 3.05) is 24.8 Å². The van der Waals surface area contributed by atoms with E-state index in [9.17, 15) is 14.7 Å². The normalized spacial score (nSPS) is 25.8. The minimum atomic E-state index is -0.506. The summed E-state index contributed by atoms with van der Waals surface area (Å²) in [6.07, 6.45) is 7.90. The first kappa shape index (κ1) is 24.3. The summed E-state index contributed by atoms with van der Waals surface area (Å²) < 4.78 is 9.12. The maximum absolute atomic E-state index is 13.4. The zero-order valence-corrected chi connectivity index (χ0v) is 21.0. The first-order valence-corrected chi connectivity index (χ1v) is 12.5. The van der Waals surface area contributed by atoms with Crippen molar-refractivity contribution in [1.29, 1.82) is 0 Å². The van der Waals surface area contributed by atoms with Gasteiger partial charge in [0.1, 0.15) is 11.5 Å². The number of aliphatic hydroxyl groups is 1. The minimum Gasteiger partial charge on any atom is -0.391 e. The number of carbonyl (C=O) groups excluding carboxylic acids is 1. The van der Waals surface area contributed by atoms with Crippen LogP contribution in [-0.4, -0.2) is 57.1 Å². The van der Waals surface area contributed by atoms with Crippen molar-refractivity contribution in [1.82, 2.24) is 19.5 Å². The standard InChI is InChI=1S/C26H34N6O4/c1-26(36-3)10-8-17(9-11-26)31-12-4-5-20(25(31)35)29-16-13-21-18(15-28-32(21)23(14-16)27-2)24(34)30-19-6-7-22(19)33/h4-5,12-15,17,19,22,27,29,33H,6-11H2,1-3H3,(H,30,34)/t17?,19?,22-,26?/m1/s1. The Labute approximate surface area is 209 Å². The quantitative estimate of drug-likeness (QED) is 0.398. The third kappa shape index (κ3) is 4.46. The lowest BCUT2D eigenvalue weighted by Crippen LogP contribution is -2.50. The van der Waals surface area contributed by atoms with Crippen LogP contribution in [0.25, 0.3) is 5.52 Å². The van der Waals surface area contributed by atoms with E-state index >= 15 is 0 Å². The van der Waals surface area contributed by atoms with Crippen LogP contribution in [0.4, 0.5) is 17.2 Å². The van der Waals surface area contributed by atoms with Crippen molar-refractivity contribution in [3.05, 3.63) is 52.6 Å². The molecular formula is C26H34N6O4. The molecule has 3 aromatic heterocycles. The number of ether oxygens (including phenoxy) is 1. The molecule has 0 radical (unpaired) electrons. The van der Waals surface area contributed by atoms with Crippen LogP contribution in [0, 0.1) is 0 Å². The Kier molecular flexibility index (Phi) is 6.48. The van der Waals surface area contributed by atoms with Crippen molar-refractivity contribution in [3.8, 4) is 0 Å². The summed E-state index contributed by atoms with van der Waals surface area (Å²) in [4.78, 5) is 26.3. The zero-order valence-electron chi connectivity index (χ0n) is 21.0. The largest absolute Gasteiger partial charge is 0.391 e. The molecule has 10 nitrogen and oxygen atoms in total. The molecular weight excluding hydrogens is 460 g/mol. The Morgan fingerprint density at radius 1 is 1.22 bits per heavy atom. The number of aromatic nitrogens is 3. The van der Waals surface area contributed by atoms with E-state index in [1.54, 1.807) is 30.8 Å². The highest BCUT2D eigenvalue weighted by atomic mass is 16.5. The lowest BCUT2D eigenvalue weighted by Gasteiger charge is -2.36. The number of rotatable bonds is 7. The van der Waals surface area contributed by atoms with Crippen molar-refractivity contribution in [2.45, 2.75) is 69.2 Å². The third-order valence-electron chi connectivity index (χ3n) is 7.83. The maximum atomic E-state index is 13.4. The first-order valence-electron chi connectivity index (χ1n) is 12.5. The molecule has 5 rings (SSSR count). The van der Waals surface area contributed by atoms with E-state index < -0.39 is 6.10 Å². The zero-order chi connectivity index (χ0) is 25.4. The van der Waals surface area contributed by atoms with Crippen LogP contribution in [-0.2, 0) is 4.74 Å². The molecule has 0 aliphatic heterocycles. The van der Waals surface area contributed by atoms with Crippen LogP contribution >= 0.6 is 0 Å². The topological polar surface area (TPSA) is 122 Å². The SMILES string of the molecule is CNc1cc(Nc2cccn(C3CCC(C)(OC)CC3)c2=O)cc2c(C(=O)NC3CC[C@H]3O)cnn12. The van der Waals surface area contributed by atoms with E-state index in [0.717, 1.165) is 32.1 Å². The molecule has 2 fully saturated rings. The molecule has 0 aromatic carbocycles. The summed E-state index contributed by atoms with van der Waals surface area (Å²) in [5.41, 5.74) is 1.92. The van der Waals surface area contributed by atoms with Gasteiger partial charge in [-0.2, -0.15) is 5.10 Å². The van der Waals surface area contributed by atoms with Gasteiger partial charge in [0.15, 0.2) is 0 Å². The van der Waals surface area contributed by atoms with Crippen LogP contribution < -0.4 is 21.5 Å². The Morgan fingerprint density at radius 2 is 2.00 bits per heavy atom. The number of methoxy groups -OCH3 is 1. The second kappa shape index (κ2) is 9.59. The summed E-state index contributed by atoms with van der Waals surface area (Å²) in [6, 6.07) is 7.20. The van der Waals surface area contributed by atoms with Gasteiger partial charge in [-0.1, -0.05) is 0 Å². The third-order valence-corrected chi connectivity index (χ3v) is 7.83. The van der Waals surface area contributed by atoms with Gasteiger partial charge in [0, 0.05) is 38.1 Å². The smallest absolute Gasteiger partial charge is 0.274 e. The molecule has 4 N–H and O–H groups in total. The van der Waals surface area contributed by atoms with E-state index in [1.807, 2.05) is 22.9 Å². The van der Waals surface area contributed by atoms with E-state index in [4.69, 9.17) is 4.74 Å². The first-order chi connectivity index (χ1) is 17.3. The van der Waals surface area contributed by atoms with Crippen molar-refractivity contribution in [3.63, 3.8) is 0 Å². The molecule has 2 aliphatic rings. The second-order valence-corrected chi connectivity index (χ2v) is 10.1. The lowest BCUT2D eigenvalue weighted by molar-refractivity contribution is -0.0324. The van der Waals surface area contributed by atoms with Gasteiger partial charge in [-0.05, 0) is 63.6 Å². The van der Waals surface area contributed by atoms with Crippen molar-refractivity contribution >= 4 is 28.6 Å². The summed E-state index contributed by atoms with van der Waals surface area (Å²) in [6.45, 7) is 2.12. The number of nitrogens with one attached hydrogen (secondary N) is 3. The highest BCUT2D eigenvalue weighted by Gasteiger charge is 2.32. The number of hydrogen-bond donors (Lipinski definition) is 4. The van der Waals surface area contributed by atoms with Crippen LogP contribution in [0.1, 0.15) is 61.8 Å². The minimum absolute atomic E-state index is 0.0835. The molecule has 1 amide bonds. The monoisotopic (exact) mass is 494 g/mol. The predicted octanol–water partition coefficient (Wildman–Crippen LogP) is 3.05. The van der Waals surface area contributed by atoms with E-state index in [0.29, 0.717) is 34.7 Å². The van der Waals surface area contributed by atoms with Gasteiger partial charge in [-0.15, -0.1) is 0 Å². The van der Waals surface area contributed by atoms with Crippen molar-refractivity contribution in [2.24, 2.45) is 0 Å². The van der Waals surface area contributed by atoms with Gasteiger partial charge in [0.05, 0.1) is 35.0 Å². The summed E-state index contributed by atoms with van der Waals surface area (Å²) in [5, 5.41) is 23.5. The van der Waals surface area contributed by atoms with Gasteiger partial charge < -0.3 is 30.4 Å². The van der Waals surface area contributed by atoms with E-state index in [1.165, 1.54) is 6.20 Å². The summed E-state index contributed by atoms with van der Waals surface area (Å²) in [5.74, 6) is 0.385. The number of carbonyl (C=O) groups is 1. The molecule has 1 unspecified atom stereocenters. The number of pyridine rings is 2. The molecule has 192 valence electrons. The fraction of sp³-hybridized carbons (Fsp3) is 0.500. The van der Waals surface area contributed by atoms with Crippen LogP contribution in [0.3, 0.4) is 0 Å². The Hall–Kier alpha value is -3.37. The number of fused-ring (bicyclic) bond motifs is 1. The maximum Gasteiger partial charge on any atom is 0.274 e. The van der Waals surface area contributed by atoms with Gasteiger partial charge in [-0.25, -0.2) is 4.52 Å². The Bertz CT molecular complexity index is 1320. The van der Waals surface area contributed by atoms with Gasteiger partial charge >= 0.3 is 0 Å². The molecule has 10 heteroatoms. The number of anilines is 3. The Balaban J connectivity index is 1.42. The molecule has 0 saturated heterocycles. The molecule has 3 aromatic rings. The highest BCUT2D eigenvalue weighted by Crippen LogP contribution is 2.36. The molecule has 0 spiro atoms. The number of aliphatic hydroxyl groups excluding tert-OH is 1. The molecule has 3 heterocycles. The van der Waals surface area contributed by atoms with Crippen molar-refractivity contribution < 1.29 is 14.6 Å². The molecule has 2 atom stereocenters. The van der Waals surface area contributed by atoms with Gasteiger partial charge in [0.2, 0.25) is 0 Å². The Morgan fingerprint density at radius 3 is 2.64 bits per heavy atom. The summed E-state index contributed by atoms with van der Waals surface area (Å²) >= 11 is 0. The van der Waals surface area contributed by atoms with Gasteiger partial charge in [-0.3, -0.25) is 9.59 Å². The molecule has 0 bridgehead atoms. The fourth-order valence-electron chi connectivity index (χ4n) is 5.15. The average Bonchev–Trinajstić information content (AvgIpc) is 3.32.